The molecule has 0 saturated heterocycles. The first kappa shape index (κ1) is 13.7. The molecular weight excluding hydrogens is 261 g/mol. The molecule has 0 fully saturated rings. The zero-order valence-corrected chi connectivity index (χ0v) is 10.7. The number of carboxylic acids is 1. The van der Waals surface area contributed by atoms with E-state index >= 15 is 0 Å². The summed E-state index contributed by atoms with van der Waals surface area (Å²) in [6.45, 7) is 0. The first-order valence-corrected chi connectivity index (χ1v) is 5.89. The van der Waals surface area contributed by atoms with Gasteiger partial charge in [-0.1, -0.05) is 24.3 Å². The largest absolute Gasteiger partial charge is 0.478 e. The zero-order chi connectivity index (χ0) is 14.7. The number of nitrogens with one attached hydrogen (secondary N) is 1. The number of hydrogen-bond acceptors (Lipinski definition) is 2. The van der Waals surface area contributed by atoms with Crippen LogP contribution < -0.4 is 5.32 Å². The molecule has 0 radical (unpaired) electrons. The lowest BCUT2D eigenvalue weighted by Gasteiger charge is -2.08. The molecule has 2 N–H and O–H groups in total. The standard InChI is InChI=1S/C15H12FNO3/c1-17-14(18)10-5-2-4-9(8-10)11-6-3-7-12(16)13(11)15(19)20/h2-8H,1H3,(H,17,18)(H,19,20). The summed E-state index contributed by atoms with van der Waals surface area (Å²) in [4.78, 5) is 22.8. The maximum atomic E-state index is 13.7. The third kappa shape index (κ3) is 2.51. The second-order valence-corrected chi connectivity index (χ2v) is 4.13. The van der Waals surface area contributed by atoms with E-state index in [4.69, 9.17) is 5.11 Å². The van der Waals surface area contributed by atoms with E-state index < -0.39 is 17.3 Å². The normalized spacial score (nSPS) is 10.1. The van der Waals surface area contributed by atoms with Crippen molar-refractivity contribution in [2.24, 2.45) is 0 Å². The average Bonchev–Trinajstić information content (AvgIpc) is 2.45. The molecular formula is C15H12FNO3. The molecule has 0 heterocycles. The van der Waals surface area contributed by atoms with Crippen LogP contribution in [-0.4, -0.2) is 24.0 Å². The van der Waals surface area contributed by atoms with E-state index in [2.05, 4.69) is 5.32 Å². The third-order valence-electron chi connectivity index (χ3n) is 2.89. The average molecular weight is 273 g/mol. The van der Waals surface area contributed by atoms with E-state index in [1.807, 2.05) is 0 Å². The Bertz CT molecular complexity index is 683. The fourth-order valence-corrected chi connectivity index (χ4v) is 1.95. The summed E-state index contributed by atoms with van der Waals surface area (Å²) >= 11 is 0. The topological polar surface area (TPSA) is 66.4 Å². The van der Waals surface area contributed by atoms with Crippen molar-refractivity contribution in [1.82, 2.24) is 5.32 Å². The Kier molecular flexibility index (Phi) is 3.79. The van der Waals surface area contributed by atoms with Gasteiger partial charge in [0.2, 0.25) is 0 Å². The molecule has 0 unspecified atom stereocenters. The number of halogens is 1. The molecule has 0 aliphatic rings. The van der Waals surface area contributed by atoms with Crippen molar-refractivity contribution in [2.75, 3.05) is 7.05 Å². The summed E-state index contributed by atoms with van der Waals surface area (Å²) in [6, 6.07) is 10.4. The number of carboxylic acid groups (broad SMARTS) is 1. The molecule has 20 heavy (non-hydrogen) atoms. The van der Waals surface area contributed by atoms with E-state index in [1.54, 1.807) is 18.2 Å². The van der Waals surface area contributed by atoms with E-state index in [0.29, 0.717) is 11.1 Å². The van der Waals surface area contributed by atoms with Crippen molar-refractivity contribution in [3.8, 4) is 11.1 Å². The van der Waals surface area contributed by atoms with Gasteiger partial charge in [-0.3, -0.25) is 4.79 Å². The lowest BCUT2D eigenvalue weighted by molar-refractivity contribution is 0.0692. The molecule has 0 saturated carbocycles. The molecule has 2 aromatic carbocycles. The summed E-state index contributed by atoms with van der Waals surface area (Å²) in [7, 11) is 1.50. The van der Waals surface area contributed by atoms with Crippen LogP contribution in [0.4, 0.5) is 4.39 Å². The number of carbonyl (C=O) groups excluding carboxylic acids is 1. The van der Waals surface area contributed by atoms with Gasteiger partial charge in [-0.25, -0.2) is 9.18 Å². The minimum Gasteiger partial charge on any atom is -0.478 e. The van der Waals surface area contributed by atoms with Crippen molar-refractivity contribution in [3.63, 3.8) is 0 Å². The van der Waals surface area contributed by atoms with Crippen LogP contribution in [0, 0.1) is 5.82 Å². The Morgan fingerprint density at radius 2 is 1.85 bits per heavy atom. The number of amides is 1. The van der Waals surface area contributed by atoms with Crippen molar-refractivity contribution in [3.05, 3.63) is 59.4 Å². The van der Waals surface area contributed by atoms with Gasteiger partial charge in [-0.15, -0.1) is 0 Å². The SMILES string of the molecule is CNC(=O)c1cccc(-c2cccc(F)c2C(=O)O)c1. The Hall–Kier alpha value is -2.69. The van der Waals surface area contributed by atoms with Crippen molar-refractivity contribution in [2.45, 2.75) is 0 Å². The van der Waals surface area contributed by atoms with Crippen molar-refractivity contribution in [1.29, 1.82) is 0 Å². The van der Waals surface area contributed by atoms with Crippen LogP contribution in [0.25, 0.3) is 11.1 Å². The van der Waals surface area contributed by atoms with E-state index in [-0.39, 0.29) is 11.5 Å². The van der Waals surface area contributed by atoms with Gasteiger partial charge in [0.15, 0.2) is 0 Å². The maximum absolute atomic E-state index is 13.7. The van der Waals surface area contributed by atoms with Crippen LogP contribution >= 0.6 is 0 Å². The lowest BCUT2D eigenvalue weighted by atomic mass is 9.97. The molecule has 0 spiro atoms. The molecule has 0 aromatic heterocycles. The highest BCUT2D eigenvalue weighted by Gasteiger charge is 2.17. The predicted molar refractivity (Wildman–Crippen MR) is 72.2 cm³/mol. The third-order valence-corrected chi connectivity index (χ3v) is 2.89. The molecule has 0 atom stereocenters. The van der Waals surface area contributed by atoms with Gasteiger partial charge in [-0.05, 0) is 29.3 Å². The number of aromatic carboxylic acids is 1. The summed E-state index contributed by atoms with van der Waals surface area (Å²) in [6.07, 6.45) is 0. The van der Waals surface area contributed by atoms with E-state index in [1.165, 1.54) is 25.2 Å². The molecule has 0 bridgehead atoms. The van der Waals surface area contributed by atoms with Crippen LogP contribution in [0.1, 0.15) is 20.7 Å². The number of hydrogen-bond donors (Lipinski definition) is 2. The lowest BCUT2D eigenvalue weighted by Crippen LogP contribution is -2.17. The molecule has 2 aromatic rings. The smallest absolute Gasteiger partial charge is 0.339 e. The van der Waals surface area contributed by atoms with Crippen molar-refractivity contribution < 1.29 is 19.1 Å². The molecule has 102 valence electrons. The summed E-state index contributed by atoms with van der Waals surface area (Å²) in [5.74, 6) is -2.44. The second-order valence-electron chi connectivity index (χ2n) is 4.13. The number of carbonyl (C=O) groups is 2. The fourth-order valence-electron chi connectivity index (χ4n) is 1.95. The van der Waals surface area contributed by atoms with Crippen molar-refractivity contribution >= 4 is 11.9 Å². The highest BCUT2D eigenvalue weighted by Crippen LogP contribution is 2.26. The van der Waals surface area contributed by atoms with Gasteiger partial charge in [0.25, 0.3) is 5.91 Å². The number of benzene rings is 2. The van der Waals surface area contributed by atoms with Gasteiger partial charge < -0.3 is 10.4 Å². The Balaban J connectivity index is 2.60. The minimum atomic E-state index is -1.34. The molecule has 0 aliphatic heterocycles. The van der Waals surface area contributed by atoms with Crippen LogP contribution in [0.5, 0.6) is 0 Å². The molecule has 1 amide bonds. The highest BCUT2D eigenvalue weighted by molar-refractivity contribution is 5.98. The summed E-state index contributed by atoms with van der Waals surface area (Å²) in [5, 5.41) is 11.6. The first-order chi connectivity index (χ1) is 9.54. The fraction of sp³-hybridized carbons (Fsp3) is 0.0667. The minimum absolute atomic E-state index is 0.239. The van der Waals surface area contributed by atoms with Gasteiger partial charge in [0.1, 0.15) is 11.4 Å². The molecule has 5 heteroatoms. The van der Waals surface area contributed by atoms with Gasteiger partial charge in [-0.2, -0.15) is 0 Å². The molecule has 2 rings (SSSR count). The van der Waals surface area contributed by atoms with Crippen LogP contribution in [0.2, 0.25) is 0 Å². The monoisotopic (exact) mass is 273 g/mol. The number of rotatable bonds is 3. The van der Waals surface area contributed by atoms with E-state index in [9.17, 15) is 14.0 Å². The first-order valence-electron chi connectivity index (χ1n) is 5.89. The van der Waals surface area contributed by atoms with E-state index in [0.717, 1.165) is 6.07 Å². The van der Waals surface area contributed by atoms with Gasteiger partial charge in [0.05, 0.1) is 0 Å². The second kappa shape index (κ2) is 5.52. The van der Waals surface area contributed by atoms with Crippen LogP contribution in [0.15, 0.2) is 42.5 Å². The Morgan fingerprint density at radius 1 is 1.15 bits per heavy atom. The van der Waals surface area contributed by atoms with Gasteiger partial charge in [0, 0.05) is 12.6 Å². The highest BCUT2D eigenvalue weighted by atomic mass is 19.1. The molecule has 4 nitrogen and oxygen atoms in total. The quantitative estimate of drug-likeness (QED) is 0.903. The molecule has 0 aliphatic carbocycles. The predicted octanol–water partition coefficient (Wildman–Crippen LogP) is 2.55. The maximum Gasteiger partial charge on any atom is 0.339 e. The Labute approximate surface area is 114 Å². The summed E-state index contributed by atoms with van der Waals surface area (Å²) < 4.78 is 13.7. The Morgan fingerprint density at radius 3 is 2.50 bits per heavy atom. The summed E-state index contributed by atoms with van der Waals surface area (Å²) in [5.41, 5.74) is 0.693. The van der Waals surface area contributed by atoms with Gasteiger partial charge >= 0.3 is 5.97 Å². The van der Waals surface area contributed by atoms with Crippen LogP contribution in [0.3, 0.4) is 0 Å². The van der Waals surface area contributed by atoms with Crippen LogP contribution in [-0.2, 0) is 0 Å². The zero-order valence-electron chi connectivity index (χ0n) is 10.7.